The summed E-state index contributed by atoms with van der Waals surface area (Å²) in [6.07, 6.45) is 2.66. The molecule has 2 aromatic rings. The first-order valence-corrected chi connectivity index (χ1v) is 13.5. The van der Waals surface area contributed by atoms with E-state index in [1.54, 1.807) is 19.1 Å². The van der Waals surface area contributed by atoms with Gasteiger partial charge in [-0.15, -0.1) is 0 Å². The molecule has 2 amide bonds. The fraction of sp³-hybridized carbons (Fsp3) is 0.458. The van der Waals surface area contributed by atoms with Gasteiger partial charge in [-0.2, -0.15) is 5.26 Å². The van der Waals surface area contributed by atoms with E-state index in [-0.39, 0.29) is 28.7 Å². The molecule has 12 heteroatoms. The summed E-state index contributed by atoms with van der Waals surface area (Å²) in [5, 5.41) is 10.9. The molecule has 2 atom stereocenters. The molecule has 0 bridgehead atoms. The largest absolute Gasteiger partial charge is 0.336 e. The molecule has 3 heterocycles. The number of rotatable bonds is 6. The summed E-state index contributed by atoms with van der Waals surface area (Å²) in [5.74, 6) is -1.89. The Hall–Kier alpha value is -3.10. The van der Waals surface area contributed by atoms with Crippen LogP contribution in [0.2, 0.25) is 5.02 Å². The van der Waals surface area contributed by atoms with Gasteiger partial charge in [-0.25, -0.2) is 17.8 Å². The van der Waals surface area contributed by atoms with E-state index in [1.165, 1.54) is 17.2 Å². The van der Waals surface area contributed by atoms with Crippen LogP contribution < -0.4 is 5.32 Å². The Morgan fingerprint density at radius 3 is 2.58 bits per heavy atom. The fourth-order valence-electron chi connectivity index (χ4n) is 4.77. The van der Waals surface area contributed by atoms with Crippen LogP contribution >= 0.6 is 11.6 Å². The number of carbonyl (C=O) groups excluding carboxylic acids is 2. The van der Waals surface area contributed by atoms with E-state index in [9.17, 15) is 27.7 Å². The summed E-state index contributed by atoms with van der Waals surface area (Å²) in [6, 6.07) is 6.63. The van der Waals surface area contributed by atoms with Crippen molar-refractivity contribution < 1.29 is 22.4 Å². The minimum absolute atomic E-state index is 0.0709. The summed E-state index contributed by atoms with van der Waals surface area (Å²) in [5.41, 5.74) is -1.84. The van der Waals surface area contributed by atoms with Gasteiger partial charge in [0.05, 0.1) is 27.5 Å². The lowest BCUT2D eigenvalue weighted by Crippen LogP contribution is -2.52. The van der Waals surface area contributed by atoms with E-state index in [0.29, 0.717) is 31.4 Å². The molecule has 0 aromatic carbocycles. The number of halogens is 2. The quantitative estimate of drug-likeness (QED) is 0.604. The van der Waals surface area contributed by atoms with Gasteiger partial charge in [0.2, 0.25) is 11.8 Å². The Bertz CT molecular complexity index is 1420. The van der Waals surface area contributed by atoms with Gasteiger partial charge >= 0.3 is 0 Å². The predicted octanol–water partition coefficient (Wildman–Crippen LogP) is 2.22. The van der Waals surface area contributed by atoms with Crippen LogP contribution in [0.5, 0.6) is 0 Å². The molecular formula is C24H23ClFN5O4S. The third-order valence-electron chi connectivity index (χ3n) is 7.17. The number of nitrogens with one attached hydrogen (secondary N) is 1. The Labute approximate surface area is 212 Å². The topological polar surface area (TPSA) is 133 Å². The summed E-state index contributed by atoms with van der Waals surface area (Å²) in [6.45, 7) is 1.41. The molecule has 9 nitrogen and oxygen atoms in total. The summed E-state index contributed by atoms with van der Waals surface area (Å²) >= 11 is 5.83. The van der Waals surface area contributed by atoms with Crippen LogP contribution in [0.4, 0.5) is 4.39 Å². The van der Waals surface area contributed by atoms with E-state index >= 15 is 0 Å². The first-order chi connectivity index (χ1) is 17.0. The average molecular weight is 532 g/mol. The van der Waals surface area contributed by atoms with E-state index in [1.807, 2.05) is 0 Å². The zero-order valence-electron chi connectivity index (χ0n) is 19.4. The zero-order valence-corrected chi connectivity index (χ0v) is 20.9. The molecule has 0 spiro atoms. The van der Waals surface area contributed by atoms with Gasteiger partial charge in [0.15, 0.2) is 14.9 Å². The minimum atomic E-state index is -3.99. The van der Waals surface area contributed by atoms with Crippen molar-refractivity contribution in [2.24, 2.45) is 0 Å². The molecule has 36 heavy (non-hydrogen) atoms. The summed E-state index contributed by atoms with van der Waals surface area (Å²) in [4.78, 5) is 36.5. The van der Waals surface area contributed by atoms with Crippen LogP contribution in [0.25, 0.3) is 0 Å². The highest BCUT2D eigenvalue weighted by atomic mass is 35.5. The van der Waals surface area contributed by atoms with Crippen LogP contribution in [0.15, 0.2) is 35.5 Å². The number of pyridine rings is 2. The Morgan fingerprint density at radius 1 is 1.28 bits per heavy atom. The first-order valence-electron chi connectivity index (χ1n) is 11.5. The number of carbonyl (C=O) groups is 2. The van der Waals surface area contributed by atoms with Crippen LogP contribution in [-0.2, 0) is 24.8 Å². The number of sulfone groups is 1. The van der Waals surface area contributed by atoms with Gasteiger partial charge < -0.3 is 10.2 Å². The van der Waals surface area contributed by atoms with Gasteiger partial charge in [0, 0.05) is 18.4 Å². The molecule has 2 saturated carbocycles. The minimum Gasteiger partial charge on any atom is -0.336 e. The van der Waals surface area contributed by atoms with Crippen LogP contribution in [0, 0.1) is 24.1 Å². The van der Waals surface area contributed by atoms with Crippen molar-refractivity contribution in [3.05, 3.63) is 52.7 Å². The van der Waals surface area contributed by atoms with Crippen LogP contribution in [0.1, 0.15) is 43.5 Å². The highest BCUT2D eigenvalue weighted by Crippen LogP contribution is 2.51. The maximum Gasteiger partial charge on any atom is 0.244 e. The van der Waals surface area contributed by atoms with Gasteiger partial charge in [-0.3, -0.25) is 14.6 Å². The van der Waals surface area contributed by atoms with Crippen LogP contribution in [-0.4, -0.2) is 58.5 Å². The Kier molecular flexibility index (Phi) is 5.80. The second-order valence-electron chi connectivity index (χ2n) is 9.74. The molecule has 2 aromatic heterocycles. The summed E-state index contributed by atoms with van der Waals surface area (Å²) < 4.78 is 41.6. The number of nitrogens with zero attached hydrogens (tertiary/aromatic N) is 4. The SMILES string of the molecule is Cc1cccc(S(=O)(=O)[C@@H]2C[C@@H](C(=O)NC3(C#N)CC3)N(C(=O)C3(c4ncc(Cl)cc4F)CC3)C2)n1. The molecule has 0 unspecified atom stereocenters. The van der Waals surface area contributed by atoms with E-state index in [4.69, 9.17) is 11.6 Å². The third kappa shape index (κ3) is 4.12. The van der Waals surface area contributed by atoms with Crippen molar-refractivity contribution in [3.63, 3.8) is 0 Å². The number of likely N-dealkylation sites (tertiary alicyclic amines) is 1. The lowest BCUT2D eigenvalue weighted by atomic mass is 9.98. The lowest BCUT2D eigenvalue weighted by molar-refractivity contribution is -0.140. The van der Waals surface area contributed by atoms with Gasteiger partial charge in [0.25, 0.3) is 0 Å². The second-order valence-corrected chi connectivity index (χ2v) is 12.4. The van der Waals surface area contributed by atoms with Gasteiger partial charge in [-0.1, -0.05) is 17.7 Å². The first kappa shape index (κ1) is 24.6. The molecule has 1 N–H and O–H groups in total. The molecule has 1 aliphatic heterocycles. The van der Waals surface area contributed by atoms with Crippen molar-refractivity contribution in [2.75, 3.05) is 6.54 Å². The monoisotopic (exact) mass is 531 g/mol. The van der Waals surface area contributed by atoms with Crippen molar-refractivity contribution in [2.45, 2.75) is 66.3 Å². The Balaban J connectivity index is 1.49. The maximum absolute atomic E-state index is 14.8. The maximum atomic E-state index is 14.8. The lowest BCUT2D eigenvalue weighted by Gasteiger charge is -2.28. The van der Waals surface area contributed by atoms with Crippen molar-refractivity contribution in [1.29, 1.82) is 5.26 Å². The molecule has 3 fully saturated rings. The third-order valence-corrected chi connectivity index (χ3v) is 9.40. The van der Waals surface area contributed by atoms with Gasteiger partial charge in [0.1, 0.15) is 17.4 Å². The van der Waals surface area contributed by atoms with E-state index in [0.717, 1.165) is 6.07 Å². The molecule has 1 saturated heterocycles. The number of hydrogen-bond donors (Lipinski definition) is 1. The number of amides is 2. The number of nitriles is 1. The smallest absolute Gasteiger partial charge is 0.244 e. The zero-order chi connectivity index (χ0) is 25.9. The Morgan fingerprint density at radius 2 is 2.00 bits per heavy atom. The fourth-order valence-corrected chi connectivity index (χ4v) is 6.59. The van der Waals surface area contributed by atoms with Crippen molar-refractivity contribution in [1.82, 2.24) is 20.2 Å². The highest BCUT2D eigenvalue weighted by molar-refractivity contribution is 7.92. The molecular weight excluding hydrogens is 509 g/mol. The standard InChI is InChI=1S/C24H23ClFN5O4S/c1-14-3-2-4-19(29-14)36(34,35)16-10-18(21(32)30-23(13-27)5-6-23)31(12-16)22(33)24(7-8-24)20-17(26)9-15(25)11-28-20/h2-4,9,11,16,18H,5-8,10,12H2,1H3,(H,30,32)/t16-,18+/m1/s1. The average Bonchev–Trinajstić information content (AvgIpc) is 3.75. The molecule has 2 aliphatic carbocycles. The predicted molar refractivity (Wildman–Crippen MR) is 126 cm³/mol. The molecule has 5 rings (SSSR count). The van der Waals surface area contributed by atoms with Crippen molar-refractivity contribution in [3.8, 4) is 6.07 Å². The van der Waals surface area contributed by atoms with E-state index < -0.39 is 49.7 Å². The second kappa shape index (κ2) is 8.49. The summed E-state index contributed by atoms with van der Waals surface area (Å²) in [7, 11) is -3.99. The highest BCUT2D eigenvalue weighted by Gasteiger charge is 2.60. The normalized spacial score (nSPS) is 23.6. The van der Waals surface area contributed by atoms with Crippen LogP contribution in [0.3, 0.4) is 0 Å². The molecule has 3 aliphatic rings. The van der Waals surface area contributed by atoms with E-state index in [2.05, 4.69) is 21.4 Å². The number of hydrogen-bond acceptors (Lipinski definition) is 7. The molecule has 0 radical (unpaired) electrons. The van der Waals surface area contributed by atoms with Gasteiger partial charge in [-0.05, 0) is 57.2 Å². The number of aryl methyl sites for hydroxylation is 1. The van der Waals surface area contributed by atoms with Crippen molar-refractivity contribution >= 4 is 33.3 Å². The molecule has 188 valence electrons. The number of aromatic nitrogens is 2.